The van der Waals surface area contributed by atoms with Crippen LogP contribution < -0.4 is 5.32 Å². The van der Waals surface area contributed by atoms with Gasteiger partial charge in [-0.25, -0.2) is 0 Å². The van der Waals surface area contributed by atoms with Gasteiger partial charge in [0.15, 0.2) is 0 Å². The van der Waals surface area contributed by atoms with Crippen LogP contribution in [0.25, 0.3) is 0 Å². The molecule has 0 spiro atoms. The first kappa shape index (κ1) is 27.7. The lowest BCUT2D eigenvalue weighted by molar-refractivity contribution is -0.146. The van der Waals surface area contributed by atoms with E-state index >= 15 is 0 Å². The maximum absolute atomic E-state index is 14.6. The first-order valence-electron chi connectivity index (χ1n) is 13.4. The highest BCUT2D eigenvalue weighted by molar-refractivity contribution is 9.10. The molecule has 3 aliphatic carbocycles. The molecule has 1 N–H and O–H groups in total. The molecule has 1 heterocycles. The number of halogens is 4. The second kappa shape index (κ2) is 9.95. The molecule has 2 bridgehead atoms. The van der Waals surface area contributed by atoms with Crippen LogP contribution in [0.5, 0.6) is 0 Å². The molecule has 5 nitrogen and oxygen atoms in total. The van der Waals surface area contributed by atoms with Crippen molar-refractivity contribution < 1.29 is 14.4 Å². The molecule has 1 saturated heterocycles. The molecule has 9 heteroatoms. The molecule has 1 aliphatic heterocycles. The zero-order valence-corrected chi connectivity index (χ0v) is 25.7. The molecule has 210 valence electrons. The van der Waals surface area contributed by atoms with Crippen molar-refractivity contribution in [3.8, 4) is 0 Å². The summed E-state index contributed by atoms with van der Waals surface area (Å²) in [5, 5.41) is 3.16. The fourth-order valence-corrected chi connectivity index (χ4v) is 8.76. The van der Waals surface area contributed by atoms with E-state index in [2.05, 4.69) is 21.2 Å². The van der Waals surface area contributed by atoms with E-state index in [9.17, 15) is 14.4 Å². The lowest BCUT2D eigenvalue weighted by Gasteiger charge is -2.54. The Hall–Kier alpha value is -3.16. The van der Waals surface area contributed by atoms with E-state index in [4.69, 9.17) is 34.8 Å². The number of carbonyl (C=O) groups is 3. The summed E-state index contributed by atoms with van der Waals surface area (Å²) in [5.41, 5.74) is 3.96. The Morgan fingerprint density at radius 3 is 1.74 bits per heavy atom. The number of likely N-dealkylation sites (tertiary alicyclic amines) is 1. The smallest absolute Gasteiger partial charge is 0.248 e. The largest absolute Gasteiger partial charge is 0.323 e. The van der Waals surface area contributed by atoms with Crippen molar-refractivity contribution in [3.63, 3.8) is 0 Å². The van der Waals surface area contributed by atoms with Crippen molar-refractivity contribution in [1.29, 1.82) is 0 Å². The van der Waals surface area contributed by atoms with E-state index in [1.807, 2.05) is 78.9 Å². The first-order chi connectivity index (χ1) is 20.2. The van der Waals surface area contributed by atoms with Crippen molar-refractivity contribution in [2.75, 3.05) is 5.32 Å². The molecule has 4 aliphatic rings. The van der Waals surface area contributed by atoms with Crippen LogP contribution in [-0.2, 0) is 30.6 Å². The second-order valence-corrected chi connectivity index (χ2v) is 13.4. The molecule has 8 rings (SSSR count). The Morgan fingerprint density at radius 1 is 0.786 bits per heavy atom. The van der Waals surface area contributed by atoms with Gasteiger partial charge in [0.25, 0.3) is 0 Å². The van der Waals surface area contributed by atoms with Gasteiger partial charge in [-0.15, -0.1) is 23.2 Å². The number of nitrogens with zero attached hydrogens (tertiary/aromatic N) is 1. The van der Waals surface area contributed by atoms with Crippen LogP contribution in [0.1, 0.15) is 27.8 Å². The molecule has 42 heavy (non-hydrogen) atoms. The van der Waals surface area contributed by atoms with Crippen LogP contribution in [0.2, 0.25) is 5.02 Å². The lowest BCUT2D eigenvalue weighted by atomic mass is 9.54. The van der Waals surface area contributed by atoms with Crippen molar-refractivity contribution in [2.24, 2.45) is 11.8 Å². The predicted molar refractivity (Wildman–Crippen MR) is 167 cm³/mol. The average molecular weight is 681 g/mol. The Labute approximate surface area is 265 Å². The third-order valence-corrected chi connectivity index (χ3v) is 10.8. The lowest BCUT2D eigenvalue weighted by Crippen LogP contribution is -2.57. The second-order valence-electron chi connectivity index (χ2n) is 10.8. The normalized spacial score (nSPS) is 26.0. The topological polar surface area (TPSA) is 66.5 Å². The van der Waals surface area contributed by atoms with Gasteiger partial charge in [0.1, 0.15) is 15.8 Å². The van der Waals surface area contributed by atoms with E-state index in [-0.39, 0.29) is 6.42 Å². The van der Waals surface area contributed by atoms with Gasteiger partial charge >= 0.3 is 0 Å². The number of rotatable bonds is 5. The summed E-state index contributed by atoms with van der Waals surface area (Å²) in [7, 11) is 0. The van der Waals surface area contributed by atoms with Crippen molar-refractivity contribution >= 4 is 74.1 Å². The number of amides is 3. The Kier molecular flexibility index (Phi) is 6.55. The third-order valence-electron chi connectivity index (χ3n) is 8.69. The molecule has 0 aromatic heterocycles. The van der Waals surface area contributed by atoms with E-state index in [1.54, 1.807) is 18.2 Å². The van der Waals surface area contributed by atoms with E-state index in [1.165, 1.54) is 0 Å². The third kappa shape index (κ3) is 3.78. The molecule has 0 unspecified atom stereocenters. The van der Waals surface area contributed by atoms with Crippen LogP contribution in [0.3, 0.4) is 0 Å². The minimum absolute atomic E-state index is 0.0994. The standard InChI is InChI=1S/C33H22BrCl3N2O3/c34-19-14-15-25(24(35)17-19)38-29(40)26(16-18-8-2-1-3-9-18)39-30(41)27-28(31(39)42)33(37)21-11-5-4-10-20(21)32(27,36)22-12-6-7-13-23(22)33/h1-15,17,26-28H,16H2,(H,38,40)/t26-,27-,28+,32?,33?/m0/s1. The highest BCUT2D eigenvalue weighted by Gasteiger charge is 2.73. The van der Waals surface area contributed by atoms with Gasteiger partial charge < -0.3 is 5.32 Å². The van der Waals surface area contributed by atoms with Gasteiger partial charge in [0.2, 0.25) is 17.7 Å². The highest BCUT2D eigenvalue weighted by atomic mass is 79.9. The number of nitrogens with one attached hydrogen (secondary N) is 1. The van der Waals surface area contributed by atoms with Crippen LogP contribution in [0.15, 0.2) is 102 Å². The van der Waals surface area contributed by atoms with Crippen molar-refractivity contribution in [3.05, 3.63) is 134 Å². The Balaban J connectivity index is 1.36. The number of benzene rings is 4. The predicted octanol–water partition coefficient (Wildman–Crippen LogP) is 7.25. The van der Waals surface area contributed by atoms with Crippen LogP contribution in [0, 0.1) is 11.8 Å². The number of carbonyl (C=O) groups excluding carboxylic acids is 3. The summed E-state index contributed by atoms with van der Waals surface area (Å²) in [4.78, 5) is 41.6. The fourth-order valence-electron chi connectivity index (χ4n) is 6.94. The zero-order valence-electron chi connectivity index (χ0n) is 21.9. The average Bonchev–Trinajstić information content (AvgIpc) is 3.27. The Morgan fingerprint density at radius 2 is 1.26 bits per heavy atom. The number of anilines is 1. The summed E-state index contributed by atoms with van der Waals surface area (Å²) >= 11 is 24.9. The molecule has 1 fully saturated rings. The van der Waals surface area contributed by atoms with E-state index in [0.717, 1.165) is 14.9 Å². The van der Waals surface area contributed by atoms with Crippen LogP contribution in [-0.4, -0.2) is 28.7 Å². The monoisotopic (exact) mass is 678 g/mol. The molecule has 4 aromatic carbocycles. The van der Waals surface area contributed by atoms with Crippen LogP contribution >= 0.6 is 50.7 Å². The molecule has 4 aromatic rings. The molecule has 3 amide bonds. The van der Waals surface area contributed by atoms with Crippen LogP contribution in [0.4, 0.5) is 5.69 Å². The number of hydrogen-bond donors (Lipinski definition) is 1. The molecular formula is C33H22BrCl3N2O3. The number of imide groups is 1. The van der Waals surface area contributed by atoms with Gasteiger partial charge in [-0.3, -0.25) is 19.3 Å². The minimum Gasteiger partial charge on any atom is -0.323 e. The van der Waals surface area contributed by atoms with Crippen molar-refractivity contribution in [2.45, 2.75) is 22.2 Å². The van der Waals surface area contributed by atoms with E-state index in [0.29, 0.717) is 33.0 Å². The number of hydrogen-bond acceptors (Lipinski definition) is 3. The molecule has 0 saturated carbocycles. The molecular weight excluding hydrogens is 659 g/mol. The van der Waals surface area contributed by atoms with Crippen molar-refractivity contribution in [1.82, 2.24) is 4.90 Å². The zero-order chi connectivity index (χ0) is 29.4. The summed E-state index contributed by atoms with van der Waals surface area (Å²) in [6.07, 6.45) is 0.0994. The quantitative estimate of drug-likeness (QED) is 0.179. The summed E-state index contributed by atoms with van der Waals surface area (Å²) < 4.78 is 0.745. The van der Waals surface area contributed by atoms with Gasteiger partial charge in [-0.1, -0.05) is 106 Å². The fraction of sp³-hybridized carbons (Fsp3) is 0.182. The van der Waals surface area contributed by atoms with E-state index < -0.39 is 45.3 Å². The molecule has 3 atom stereocenters. The Bertz CT molecular complexity index is 1680. The van der Waals surface area contributed by atoms with Gasteiger partial charge in [-0.05, 0) is 46.0 Å². The SMILES string of the molecule is O=C(Nc1ccc(Br)cc1Cl)[C@H](Cc1ccccc1)N1C(=O)[C@@H]2[C@H](C1=O)C1(Cl)c3ccccc3C2(Cl)c2ccccc21. The maximum atomic E-state index is 14.6. The summed E-state index contributed by atoms with van der Waals surface area (Å²) in [6, 6.07) is 28.0. The van der Waals surface area contributed by atoms with Gasteiger partial charge in [-0.2, -0.15) is 0 Å². The number of alkyl halides is 2. The molecule has 0 radical (unpaired) electrons. The highest BCUT2D eigenvalue weighted by Crippen LogP contribution is 2.69. The maximum Gasteiger partial charge on any atom is 0.248 e. The summed E-state index contributed by atoms with van der Waals surface area (Å²) in [6.45, 7) is 0. The minimum atomic E-state index is -1.33. The van der Waals surface area contributed by atoms with Gasteiger partial charge in [0, 0.05) is 10.9 Å². The van der Waals surface area contributed by atoms with Gasteiger partial charge in [0.05, 0.1) is 22.5 Å². The first-order valence-corrected chi connectivity index (χ1v) is 15.3. The summed E-state index contributed by atoms with van der Waals surface area (Å²) in [5.74, 6) is -3.59.